The second-order valence-corrected chi connectivity index (χ2v) is 5.85. The molecule has 0 amide bonds. The lowest BCUT2D eigenvalue weighted by molar-refractivity contribution is 0.0819. The summed E-state index contributed by atoms with van der Waals surface area (Å²) in [6.45, 7) is 4.48. The highest BCUT2D eigenvalue weighted by Gasteiger charge is 2.20. The maximum absolute atomic E-state index is 5.44. The third-order valence-electron chi connectivity index (χ3n) is 4.48. The Morgan fingerprint density at radius 3 is 2.74 bits per heavy atom. The number of hydrogen-bond acceptors (Lipinski definition) is 3. The molecule has 0 spiro atoms. The molecule has 1 N–H and O–H groups in total. The molecule has 1 fully saturated rings. The van der Waals surface area contributed by atoms with Crippen LogP contribution < -0.4 is 10.2 Å². The lowest BCUT2D eigenvalue weighted by Crippen LogP contribution is -2.36. The Hall–Kier alpha value is -1.22. The highest BCUT2D eigenvalue weighted by Crippen LogP contribution is 2.30. The highest BCUT2D eigenvalue weighted by atomic mass is 16.5. The molecule has 2 aliphatic heterocycles. The summed E-state index contributed by atoms with van der Waals surface area (Å²) in [4.78, 5) is 2.49. The van der Waals surface area contributed by atoms with Crippen molar-refractivity contribution in [1.29, 1.82) is 0 Å². The van der Waals surface area contributed by atoms with Gasteiger partial charge in [0.25, 0.3) is 0 Å². The Morgan fingerprint density at radius 1 is 1.21 bits per heavy atom. The zero-order valence-corrected chi connectivity index (χ0v) is 12.0. The number of hydrogen-bond donors (Lipinski definition) is 1. The molecule has 104 valence electrons. The normalized spacial score (nSPS) is 23.9. The van der Waals surface area contributed by atoms with E-state index in [1.54, 1.807) is 0 Å². The summed E-state index contributed by atoms with van der Waals surface area (Å²) in [6, 6.07) is 7.50. The molecule has 3 nitrogen and oxygen atoms in total. The van der Waals surface area contributed by atoms with E-state index in [-0.39, 0.29) is 0 Å². The van der Waals surface area contributed by atoms with Crippen LogP contribution in [-0.2, 0) is 11.2 Å². The molecule has 1 aromatic rings. The van der Waals surface area contributed by atoms with Gasteiger partial charge in [0.1, 0.15) is 0 Å². The van der Waals surface area contributed by atoms with E-state index < -0.39 is 0 Å². The van der Waals surface area contributed by atoms with Crippen molar-refractivity contribution in [2.75, 3.05) is 30.4 Å². The van der Waals surface area contributed by atoms with Crippen molar-refractivity contribution >= 4 is 11.4 Å². The molecule has 1 atom stereocenters. The van der Waals surface area contributed by atoms with Gasteiger partial charge in [-0.25, -0.2) is 0 Å². The summed E-state index contributed by atoms with van der Waals surface area (Å²) >= 11 is 0. The van der Waals surface area contributed by atoms with Crippen LogP contribution in [0.15, 0.2) is 18.2 Å². The van der Waals surface area contributed by atoms with Crippen LogP contribution in [0, 0.1) is 0 Å². The number of nitrogens with one attached hydrogen (secondary N) is 1. The summed E-state index contributed by atoms with van der Waals surface area (Å²) in [5.41, 5.74) is 4.18. The molecule has 0 aromatic heterocycles. The fraction of sp³-hybridized carbons (Fsp3) is 0.625. The standard InChI is InChI=1S/C16H24N2O/c1-12-3-4-13-11-14(5-6-16(13)17-12)18-9-7-15(19-2)8-10-18/h5-6,11-12,15,17H,3-4,7-10H2,1-2H3. The van der Waals surface area contributed by atoms with Gasteiger partial charge in [-0.05, 0) is 56.4 Å². The number of benzene rings is 1. The van der Waals surface area contributed by atoms with Crippen LogP contribution in [0.3, 0.4) is 0 Å². The van der Waals surface area contributed by atoms with Crippen molar-refractivity contribution in [3.63, 3.8) is 0 Å². The zero-order valence-electron chi connectivity index (χ0n) is 12.0. The van der Waals surface area contributed by atoms with Gasteiger partial charge in [0, 0.05) is 37.6 Å². The third kappa shape index (κ3) is 2.71. The Balaban J connectivity index is 1.72. The largest absolute Gasteiger partial charge is 0.382 e. The molecule has 1 aromatic carbocycles. The maximum atomic E-state index is 5.44. The molecule has 2 heterocycles. The zero-order chi connectivity index (χ0) is 13.2. The van der Waals surface area contributed by atoms with Crippen molar-refractivity contribution in [2.24, 2.45) is 0 Å². The van der Waals surface area contributed by atoms with Gasteiger partial charge in [0.05, 0.1) is 6.10 Å². The maximum Gasteiger partial charge on any atom is 0.0605 e. The molecule has 1 unspecified atom stereocenters. The minimum atomic E-state index is 0.455. The van der Waals surface area contributed by atoms with E-state index in [2.05, 4.69) is 35.3 Å². The van der Waals surface area contributed by atoms with E-state index in [0.29, 0.717) is 12.1 Å². The molecule has 0 radical (unpaired) electrons. The summed E-state index contributed by atoms with van der Waals surface area (Å²) in [6.07, 6.45) is 5.18. The van der Waals surface area contributed by atoms with E-state index in [1.165, 1.54) is 29.8 Å². The van der Waals surface area contributed by atoms with Crippen LogP contribution in [0.4, 0.5) is 11.4 Å². The number of fused-ring (bicyclic) bond motifs is 1. The predicted molar refractivity (Wildman–Crippen MR) is 80.1 cm³/mol. The number of nitrogens with zero attached hydrogens (tertiary/aromatic N) is 1. The number of piperidine rings is 1. The monoisotopic (exact) mass is 260 g/mol. The summed E-state index contributed by atoms with van der Waals surface area (Å²) in [7, 11) is 1.83. The van der Waals surface area contributed by atoms with Crippen LogP contribution in [0.5, 0.6) is 0 Å². The van der Waals surface area contributed by atoms with Crippen LogP contribution in [-0.4, -0.2) is 32.3 Å². The van der Waals surface area contributed by atoms with Crippen molar-refractivity contribution in [3.8, 4) is 0 Å². The first-order valence-electron chi connectivity index (χ1n) is 7.43. The number of ether oxygens (including phenoxy) is 1. The predicted octanol–water partition coefficient (Wildman–Crippen LogP) is 3.05. The van der Waals surface area contributed by atoms with Gasteiger partial charge < -0.3 is 15.0 Å². The second-order valence-electron chi connectivity index (χ2n) is 5.85. The average molecular weight is 260 g/mol. The van der Waals surface area contributed by atoms with Crippen molar-refractivity contribution < 1.29 is 4.74 Å². The molecular formula is C16H24N2O. The minimum Gasteiger partial charge on any atom is -0.382 e. The van der Waals surface area contributed by atoms with Crippen LogP contribution in [0.1, 0.15) is 31.7 Å². The SMILES string of the molecule is COC1CCN(c2ccc3c(c2)CCC(C)N3)CC1. The lowest BCUT2D eigenvalue weighted by atomic mass is 9.97. The van der Waals surface area contributed by atoms with Gasteiger partial charge in [-0.3, -0.25) is 0 Å². The van der Waals surface area contributed by atoms with E-state index in [9.17, 15) is 0 Å². The lowest BCUT2D eigenvalue weighted by Gasteiger charge is -2.34. The molecule has 0 bridgehead atoms. The number of rotatable bonds is 2. The smallest absolute Gasteiger partial charge is 0.0605 e. The van der Waals surface area contributed by atoms with Gasteiger partial charge >= 0.3 is 0 Å². The first kappa shape index (κ1) is 12.8. The number of anilines is 2. The number of methoxy groups -OCH3 is 1. The van der Waals surface area contributed by atoms with Crippen LogP contribution >= 0.6 is 0 Å². The molecule has 0 aliphatic carbocycles. The van der Waals surface area contributed by atoms with Crippen molar-refractivity contribution in [1.82, 2.24) is 0 Å². The molecule has 3 rings (SSSR count). The van der Waals surface area contributed by atoms with Gasteiger partial charge in [-0.1, -0.05) is 0 Å². The Kier molecular flexibility index (Phi) is 3.65. The first-order chi connectivity index (χ1) is 9.26. The van der Waals surface area contributed by atoms with Crippen LogP contribution in [0.25, 0.3) is 0 Å². The Bertz CT molecular complexity index is 438. The van der Waals surface area contributed by atoms with E-state index >= 15 is 0 Å². The Labute approximate surface area is 115 Å². The molecular weight excluding hydrogens is 236 g/mol. The highest BCUT2D eigenvalue weighted by molar-refractivity contribution is 5.62. The minimum absolute atomic E-state index is 0.455. The first-order valence-corrected chi connectivity index (χ1v) is 7.43. The quantitative estimate of drug-likeness (QED) is 0.884. The Morgan fingerprint density at radius 2 is 2.00 bits per heavy atom. The molecule has 0 saturated carbocycles. The fourth-order valence-electron chi connectivity index (χ4n) is 3.18. The molecule has 3 heteroatoms. The molecule has 19 heavy (non-hydrogen) atoms. The van der Waals surface area contributed by atoms with Crippen molar-refractivity contribution in [3.05, 3.63) is 23.8 Å². The van der Waals surface area contributed by atoms with Gasteiger partial charge in [0.2, 0.25) is 0 Å². The van der Waals surface area contributed by atoms with E-state index in [0.717, 1.165) is 25.9 Å². The summed E-state index contributed by atoms with van der Waals surface area (Å²) in [5.74, 6) is 0. The van der Waals surface area contributed by atoms with Gasteiger partial charge in [0.15, 0.2) is 0 Å². The van der Waals surface area contributed by atoms with Gasteiger partial charge in [-0.15, -0.1) is 0 Å². The third-order valence-corrected chi connectivity index (χ3v) is 4.48. The molecule has 1 saturated heterocycles. The van der Waals surface area contributed by atoms with Crippen molar-refractivity contribution in [2.45, 2.75) is 44.8 Å². The topological polar surface area (TPSA) is 24.5 Å². The number of aryl methyl sites for hydroxylation is 1. The van der Waals surface area contributed by atoms with Crippen LogP contribution in [0.2, 0.25) is 0 Å². The molecule has 2 aliphatic rings. The summed E-state index contributed by atoms with van der Waals surface area (Å²) in [5, 5.41) is 3.57. The van der Waals surface area contributed by atoms with Gasteiger partial charge in [-0.2, -0.15) is 0 Å². The fourth-order valence-corrected chi connectivity index (χ4v) is 3.18. The van der Waals surface area contributed by atoms with E-state index in [4.69, 9.17) is 4.74 Å². The average Bonchev–Trinajstić information content (AvgIpc) is 2.47. The van der Waals surface area contributed by atoms with E-state index in [1.807, 2.05) is 7.11 Å². The summed E-state index contributed by atoms with van der Waals surface area (Å²) < 4.78 is 5.44. The second kappa shape index (κ2) is 5.41.